The maximum atomic E-state index is 12.4. The van der Waals surface area contributed by atoms with E-state index in [9.17, 15) is 4.79 Å². The van der Waals surface area contributed by atoms with Gasteiger partial charge in [-0.2, -0.15) is 0 Å². The molecule has 148 valence electrons. The molecule has 1 heterocycles. The summed E-state index contributed by atoms with van der Waals surface area (Å²) in [5.41, 5.74) is 6.45. The minimum Gasteiger partial charge on any atom is -0.496 e. The highest BCUT2D eigenvalue weighted by Crippen LogP contribution is 2.32. The monoisotopic (exact) mass is 375 g/mol. The number of carbonyl (C=O) groups excluding carboxylic acids is 1. The molecule has 0 bridgehead atoms. The Morgan fingerprint density at radius 2 is 1.96 bits per heavy atom. The van der Waals surface area contributed by atoms with Crippen molar-refractivity contribution in [3.05, 3.63) is 23.9 Å². The molecule has 0 spiro atoms. The number of benzene rings is 1. The van der Waals surface area contributed by atoms with Gasteiger partial charge in [0, 0.05) is 31.1 Å². The maximum absolute atomic E-state index is 12.4. The molecule has 0 radical (unpaired) electrons. The Labute approximate surface area is 159 Å². The summed E-state index contributed by atoms with van der Waals surface area (Å²) in [6, 6.07) is 5.36. The number of aromatic nitrogens is 1. The van der Waals surface area contributed by atoms with Gasteiger partial charge in [0.2, 0.25) is 0 Å². The molecule has 1 aromatic carbocycles. The minimum atomic E-state index is -0.387. The number of amides is 1. The predicted molar refractivity (Wildman–Crippen MR) is 107 cm³/mol. The van der Waals surface area contributed by atoms with Gasteiger partial charge in [0.15, 0.2) is 5.96 Å². The van der Waals surface area contributed by atoms with Crippen molar-refractivity contribution >= 4 is 22.8 Å². The number of nitrogens with one attached hydrogen (secondary N) is 2. The van der Waals surface area contributed by atoms with Gasteiger partial charge in [-0.3, -0.25) is 15.1 Å². The lowest BCUT2D eigenvalue weighted by Crippen LogP contribution is -2.38. The molecule has 0 aliphatic rings. The van der Waals surface area contributed by atoms with Crippen LogP contribution in [0.5, 0.6) is 11.5 Å². The molecule has 2 rings (SSSR count). The van der Waals surface area contributed by atoms with Crippen LogP contribution in [0.25, 0.3) is 10.9 Å². The highest BCUT2D eigenvalue weighted by Gasteiger charge is 2.18. The molecule has 27 heavy (non-hydrogen) atoms. The number of carbonyl (C=O) groups is 1. The topological polar surface area (TPSA) is 108 Å². The Kier molecular flexibility index (Phi) is 7.06. The Morgan fingerprint density at radius 3 is 2.56 bits per heavy atom. The number of rotatable bonds is 9. The molecule has 1 amide bonds. The number of hydrogen-bond acceptors (Lipinski definition) is 5. The zero-order valence-electron chi connectivity index (χ0n) is 16.5. The van der Waals surface area contributed by atoms with Gasteiger partial charge >= 0.3 is 0 Å². The molecular formula is C19H29N5O3. The van der Waals surface area contributed by atoms with Crippen molar-refractivity contribution in [2.75, 3.05) is 40.4 Å². The Bertz CT molecular complexity index is 798. The number of hydrogen-bond donors (Lipinski definition) is 3. The van der Waals surface area contributed by atoms with E-state index in [2.05, 4.69) is 23.7 Å². The number of ether oxygens (including phenoxy) is 2. The third-order valence-corrected chi connectivity index (χ3v) is 4.57. The zero-order valence-corrected chi connectivity index (χ0v) is 16.5. The molecule has 4 N–H and O–H groups in total. The molecule has 0 aliphatic heterocycles. The summed E-state index contributed by atoms with van der Waals surface area (Å²) in [6.45, 7) is 7.96. The summed E-state index contributed by atoms with van der Waals surface area (Å²) in [6.07, 6.45) is 0.930. The smallest absolute Gasteiger partial charge is 0.276 e. The summed E-state index contributed by atoms with van der Waals surface area (Å²) in [4.78, 5) is 18.9. The number of nitrogens with zero attached hydrogens (tertiary/aromatic N) is 2. The summed E-state index contributed by atoms with van der Waals surface area (Å²) in [5.74, 6) is 0.594. The van der Waals surface area contributed by atoms with Gasteiger partial charge in [0.05, 0.1) is 19.2 Å². The van der Waals surface area contributed by atoms with Crippen molar-refractivity contribution in [1.29, 1.82) is 5.41 Å². The van der Waals surface area contributed by atoms with Crippen LogP contribution < -0.4 is 15.2 Å². The van der Waals surface area contributed by atoms with E-state index in [0.29, 0.717) is 23.8 Å². The fourth-order valence-corrected chi connectivity index (χ4v) is 2.85. The standard InChI is InChI=1S/C19H29N5O3/c1-5-24(6-2)8-7-9-27-13-10-15-14(17(11-13)26-4)12-16(22-15)18(25)23(3)19(20)21/h10-12,22H,5-9H2,1-4H3,(H3,20,21). The molecular weight excluding hydrogens is 346 g/mol. The lowest BCUT2D eigenvalue weighted by atomic mass is 10.2. The van der Waals surface area contributed by atoms with Gasteiger partial charge in [-0.05, 0) is 25.6 Å². The first kappa shape index (κ1) is 20.6. The van der Waals surface area contributed by atoms with Crippen molar-refractivity contribution in [1.82, 2.24) is 14.8 Å². The lowest BCUT2D eigenvalue weighted by molar-refractivity contribution is 0.0864. The van der Waals surface area contributed by atoms with Crippen LogP contribution in [0.3, 0.4) is 0 Å². The minimum absolute atomic E-state index is 0.317. The number of H-pyrrole nitrogens is 1. The van der Waals surface area contributed by atoms with E-state index < -0.39 is 0 Å². The van der Waals surface area contributed by atoms with Crippen LogP contribution in [0.1, 0.15) is 30.8 Å². The zero-order chi connectivity index (χ0) is 20.0. The average molecular weight is 375 g/mol. The molecule has 0 unspecified atom stereocenters. The summed E-state index contributed by atoms with van der Waals surface area (Å²) < 4.78 is 11.3. The molecule has 0 aliphatic carbocycles. The highest BCUT2D eigenvalue weighted by molar-refractivity contribution is 6.06. The number of guanidine groups is 1. The van der Waals surface area contributed by atoms with E-state index in [1.807, 2.05) is 12.1 Å². The summed E-state index contributed by atoms with van der Waals surface area (Å²) in [7, 11) is 3.03. The van der Waals surface area contributed by atoms with E-state index in [4.69, 9.17) is 20.6 Å². The van der Waals surface area contributed by atoms with E-state index in [1.165, 1.54) is 7.05 Å². The van der Waals surface area contributed by atoms with Crippen LogP contribution in [0.2, 0.25) is 0 Å². The van der Waals surface area contributed by atoms with Crippen LogP contribution in [-0.2, 0) is 0 Å². The Hall–Kier alpha value is -2.74. The fraction of sp³-hybridized carbons (Fsp3) is 0.474. The van der Waals surface area contributed by atoms with E-state index >= 15 is 0 Å². The second-order valence-electron chi connectivity index (χ2n) is 6.25. The third-order valence-electron chi connectivity index (χ3n) is 4.57. The Balaban J connectivity index is 2.16. The van der Waals surface area contributed by atoms with Crippen LogP contribution in [0.4, 0.5) is 0 Å². The SMILES string of the molecule is CCN(CC)CCCOc1cc(OC)c2cc(C(=O)N(C)C(=N)N)[nH]c2c1. The van der Waals surface area contributed by atoms with E-state index in [-0.39, 0.29) is 11.9 Å². The van der Waals surface area contributed by atoms with E-state index in [0.717, 1.165) is 41.9 Å². The number of aromatic amines is 1. The van der Waals surface area contributed by atoms with Crippen molar-refractivity contribution in [3.8, 4) is 11.5 Å². The lowest BCUT2D eigenvalue weighted by Gasteiger charge is -2.17. The van der Waals surface area contributed by atoms with E-state index in [1.54, 1.807) is 13.2 Å². The molecule has 0 saturated carbocycles. The molecule has 2 aromatic rings. The van der Waals surface area contributed by atoms with Gasteiger partial charge < -0.3 is 25.1 Å². The maximum Gasteiger partial charge on any atom is 0.276 e. The normalized spacial score (nSPS) is 11.0. The van der Waals surface area contributed by atoms with Gasteiger partial charge in [-0.15, -0.1) is 0 Å². The van der Waals surface area contributed by atoms with Crippen LogP contribution >= 0.6 is 0 Å². The molecule has 8 nitrogen and oxygen atoms in total. The van der Waals surface area contributed by atoms with Crippen molar-refractivity contribution in [3.63, 3.8) is 0 Å². The third kappa shape index (κ3) is 4.91. The number of methoxy groups -OCH3 is 1. The second-order valence-corrected chi connectivity index (χ2v) is 6.25. The Morgan fingerprint density at radius 1 is 1.26 bits per heavy atom. The molecule has 8 heteroatoms. The summed E-state index contributed by atoms with van der Waals surface area (Å²) >= 11 is 0. The van der Waals surface area contributed by atoms with Crippen molar-refractivity contribution < 1.29 is 14.3 Å². The quantitative estimate of drug-likeness (QED) is 0.354. The second kappa shape index (κ2) is 9.27. The van der Waals surface area contributed by atoms with Crippen molar-refractivity contribution in [2.24, 2.45) is 5.73 Å². The first-order valence-corrected chi connectivity index (χ1v) is 9.09. The predicted octanol–water partition coefficient (Wildman–Crippen LogP) is 2.25. The first-order chi connectivity index (χ1) is 12.9. The average Bonchev–Trinajstić information content (AvgIpc) is 3.10. The number of nitrogens with two attached hydrogens (primary N) is 1. The van der Waals surface area contributed by atoms with Crippen molar-refractivity contribution in [2.45, 2.75) is 20.3 Å². The van der Waals surface area contributed by atoms with Crippen LogP contribution in [0, 0.1) is 5.41 Å². The van der Waals surface area contributed by atoms with Gasteiger partial charge in [-0.1, -0.05) is 13.8 Å². The highest BCUT2D eigenvalue weighted by atomic mass is 16.5. The summed E-state index contributed by atoms with van der Waals surface area (Å²) in [5, 5.41) is 8.17. The molecule has 0 saturated heterocycles. The largest absolute Gasteiger partial charge is 0.496 e. The fourth-order valence-electron chi connectivity index (χ4n) is 2.85. The van der Waals surface area contributed by atoms with Gasteiger partial charge in [0.25, 0.3) is 5.91 Å². The molecule has 0 atom stereocenters. The molecule has 1 aromatic heterocycles. The van der Waals surface area contributed by atoms with Crippen LogP contribution in [0.15, 0.2) is 18.2 Å². The first-order valence-electron chi connectivity index (χ1n) is 9.09. The molecule has 0 fully saturated rings. The van der Waals surface area contributed by atoms with Gasteiger partial charge in [0.1, 0.15) is 17.2 Å². The number of fused-ring (bicyclic) bond motifs is 1. The van der Waals surface area contributed by atoms with Crippen LogP contribution in [-0.4, -0.2) is 67.0 Å². The van der Waals surface area contributed by atoms with Gasteiger partial charge in [-0.25, -0.2) is 0 Å².